The molecule has 106 valence electrons. The molecule has 3 rings (SSSR count). The Morgan fingerprint density at radius 1 is 1.24 bits per heavy atom. The van der Waals surface area contributed by atoms with Crippen molar-refractivity contribution < 1.29 is 9.13 Å². The first-order valence-corrected chi connectivity index (χ1v) is 6.90. The third kappa shape index (κ3) is 3.32. The highest BCUT2D eigenvalue weighted by atomic mass is 19.1. The summed E-state index contributed by atoms with van der Waals surface area (Å²) in [5.41, 5.74) is 2.66. The molecule has 4 heteroatoms. The summed E-state index contributed by atoms with van der Waals surface area (Å²) in [6, 6.07) is 9.33. The molecule has 2 heterocycles. The van der Waals surface area contributed by atoms with Crippen LogP contribution in [0.25, 0.3) is 6.08 Å². The second kappa shape index (κ2) is 6.27. The smallest absolute Gasteiger partial charge is 0.132 e. The maximum Gasteiger partial charge on any atom is 0.132 e. The predicted octanol–water partition coefficient (Wildman–Crippen LogP) is 1.57. The number of fused-ring (bicyclic) bond motifs is 1. The Kier molecular flexibility index (Phi) is 4.02. The maximum atomic E-state index is 12.0. The van der Waals surface area contributed by atoms with Crippen molar-refractivity contribution in [2.45, 2.75) is 6.42 Å². The van der Waals surface area contributed by atoms with Crippen LogP contribution in [-0.4, -0.2) is 24.8 Å². The molecular formula is C17H15FN2O. The normalized spacial score (nSPS) is 12.4. The summed E-state index contributed by atoms with van der Waals surface area (Å²) in [6.45, 7) is 0.431. The van der Waals surface area contributed by atoms with Crippen LogP contribution in [0.5, 0.6) is 5.75 Å². The van der Waals surface area contributed by atoms with Gasteiger partial charge >= 0.3 is 0 Å². The van der Waals surface area contributed by atoms with Crippen molar-refractivity contribution in [1.29, 1.82) is 0 Å². The number of H-pyrrole nitrogens is 1. The molecule has 1 aromatic carbocycles. The van der Waals surface area contributed by atoms with E-state index in [1.54, 1.807) is 12.1 Å². The lowest BCUT2D eigenvalue weighted by molar-refractivity contribution is 0.273. The van der Waals surface area contributed by atoms with Gasteiger partial charge in [0, 0.05) is 17.3 Å². The predicted molar refractivity (Wildman–Crippen MR) is 79.4 cm³/mol. The number of hydrogen-bond donors (Lipinski definition) is 1. The molecular weight excluding hydrogens is 267 g/mol. The molecule has 0 radical (unpaired) electrons. The summed E-state index contributed by atoms with van der Waals surface area (Å²) < 4.78 is 17.2. The monoisotopic (exact) mass is 282 g/mol. The second-order valence-corrected chi connectivity index (χ2v) is 4.67. The quantitative estimate of drug-likeness (QED) is 0.853. The number of hydrogen-bond acceptors (Lipinski definition) is 2. The van der Waals surface area contributed by atoms with Gasteiger partial charge in [0.05, 0.1) is 5.69 Å². The molecule has 1 N–H and O–H groups in total. The topological polar surface area (TPSA) is 37.4 Å². The zero-order valence-corrected chi connectivity index (χ0v) is 11.5. The number of nitrogens with zero attached hydrogens (tertiary/aromatic N) is 1. The zero-order valence-electron chi connectivity index (χ0n) is 11.5. The van der Waals surface area contributed by atoms with Crippen LogP contribution < -0.4 is 15.4 Å². The van der Waals surface area contributed by atoms with E-state index in [4.69, 9.17) is 4.74 Å². The molecule has 3 nitrogen and oxygen atoms in total. The van der Waals surface area contributed by atoms with Crippen LogP contribution in [0.4, 0.5) is 4.39 Å². The van der Waals surface area contributed by atoms with E-state index >= 15 is 0 Å². The summed E-state index contributed by atoms with van der Waals surface area (Å²) in [4.78, 5) is 7.61. The van der Waals surface area contributed by atoms with Crippen LogP contribution in [0.3, 0.4) is 0 Å². The molecule has 0 amide bonds. The summed E-state index contributed by atoms with van der Waals surface area (Å²) in [5, 5.41) is 1.13. The number of benzene rings is 1. The van der Waals surface area contributed by atoms with Crippen LogP contribution in [0, 0.1) is 11.8 Å². The van der Waals surface area contributed by atoms with E-state index in [0.717, 1.165) is 34.9 Å². The van der Waals surface area contributed by atoms with Gasteiger partial charge in [-0.3, -0.25) is 4.99 Å². The number of aromatic nitrogens is 1. The SMILES string of the molecule is FCCOc1ccc(C#Cc2cc3c([nH]2)=NCCC=3)cc1. The van der Waals surface area contributed by atoms with Gasteiger partial charge in [0.2, 0.25) is 0 Å². The lowest BCUT2D eigenvalue weighted by Crippen LogP contribution is -2.25. The number of ether oxygens (including phenoxy) is 1. The fourth-order valence-electron chi connectivity index (χ4n) is 2.14. The maximum absolute atomic E-state index is 12.0. The van der Waals surface area contributed by atoms with Crippen LogP contribution in [0.15, 0.2) is 35.3 Å². The van der Waals surface area contributed by atoms with Gasteiger partial charge in [0.25, 0.3) is 0 Å². The first-order chi connectivity index (χ1) is 10.3. The van der Waals surface area contributed by atoms with E-state index in [1.165, 1.54) is 0 Å². The third-order valence-electron chi connectivity index (χ3n) is 3.13. The van der Waals surface area contributed by atoms with Crippen molar-refractivity contribution in [2.24, 2.45) is 4.99 Å². The molecule has 0 aliphatic carbocycles. The van der Waals surface area contributed by atoms with E-state index in [1.807, 2.05) is 18.2 Å². The van der Waals surface area contributed by atoms with Crippen LogP contribution in [0.1, 0.15) is 17.7 Å². The molecule has 0 atom stereocenters. The van der Waals surface area contributed by atoms with Crippen molar-refractivity contribution in [3.8, 4) is 17.6 Å². The largest absolute Gasteiger partial charge is 0.491 e. The fourth-order valence-corrected chi connectivity index (χ4v) is 2.14. The lowest BCUT2D eigenvalue weighted by atomic mass is 10.2. The molecule has 1 aromatic heterocycles. The Labute approximate surface area is 122 Å². The van der Waals surface area contributed by atoms with Gasteiger partial charge in [-0.25, -0.2) is 4.39 Å². The summed E-state index contributed by atoms with van der Waals surface area (Å²) in [6.07, 6.45) is 3.15. The highest BCUT2D eigenvalue weighted by Gasteiger charge is 1.98. The van der Waals surface area contributed by atoms with Crippen molar-refractivity contribution >= 4 is 6.08 Å². The van der Waals surface area contributed by atoms with Crippen molar-refractivity contribution in [3.63, 3.8) is 0 Å². The van der Waals surface area contributed by atoms with E-state index in [2.05, 4.69) is 27.9 Å². The van der Waals surface area contributed by atoms with Gasteiger partial charge in [0.15, 0.2) is 0 Å². The number of rotatable bonds is 3. The fraction of sp³-hybridized carbons (Fsp3) is 0.235. The van der Waals surface area contributed by atoms with E-state index in [-0.39, 0.29) is 6.61 Å². The van der Waals surface area contributed by atoms with Crippen molar-refractivity contribution in [3.05, 3.63) is 52.3 Å². The molecule has 0 unspecified atom stereocenters. The highest BCUT2D eigenvalue weighted by Crippen LogP contribution is 2.11. The van der Waals surface area contributed by atoms with Gasteiger partial charge in [-0.1, -0.05) is 12.0 Å². The number of aromatic amines is 1. The van der Waals surface area contributed by atoms with Gasteiger partial charge in [-0.05, 0) is 42.7 Å². The molecule has 1 aliphatic rings. The second-order valence-electron chi connectivity index (χ2n) is 4.67. The first-order valence-electron chi connectivity index (χ1n) is 6.90. The third-order valence-corrected chi connectivity index (χ3v) is 3.13. The van der Waals surface area contributed by atoms with Crippen molar-refractivity contribution in [1.82, 2.24) is 4.98 Å². The Morgan fingerprint density at radius 3 is 2.86 bits per heavy atom. The molecule has 1 aliphatic heterocycles. The molecule has 0 bridgehead atoms. The van der Waals surface area contributed by atoms with Crippen molar-refractivity contribution in [2.75, 3.05) is 19.8 Å². The molecule has 0 spiro atoms. The number of alkyl halides is 1. The van der Waals surface area contributed by atoms with E-state index < -0.39 is 6.67 Å². The molecule has 21 heavy (non-hydrogen) atoms. The molecule has 2 aromatic rings. The van der Waals surface area contributed by atoms with E-state index in [9.17, 15) is 4.39 Å². The Morgan fingerprint density at radius 2 is 2.10 bits per heavy atom. The van der Waals surface area contributed by atoms with Crippen LogP contribution >= 0.6 is 0 Å². The molecule has 0 saturated heterocycles. The van der Waals surface area contributed by atoms with Crippen LogP contribution in [0.2, 0.25) is 0 Å². The Hall–Kier alpha value is -2.54. The minimum absolute atomic E-state index is 0.0824. The number of nitrogens with one attached hydrogen (secondary N) is 1. The highest BCUT2D eigenvalue weighted by molar-refractivity contribution is 5.43. The Bertz CT molecular complexity index is 761. The summed E-state index contributed by atoms with van der Waals surface area (Å²) >= 11 is 0. The van der Waals surface area contributed by atoms with Gasteiger partial charge in [-0.2, -0.15) is 0 Å². The van der Waals surface area contributed by atoms with Gasteiger partial charge in [-0.15, -0.1) is 0 Å². The van der Waals surface area contributed by atoms with E-state index in [0.29, 0.717) is 5.75 Å². The number of halogens is 1. The van der Waals surface area contributed by atoms with Gasteiger partial charge in [0.1, 0.15) is 24.5 Å². The molecule has 0 fully saturated rings. The first kappa shape index (κ1) is 13.4. The van der Waals surface area contributed by atoms with Gasteiger partial charge < -0.3 is 9.72 Å². The Balaban J connectivity index is 1.77. The standard InChI is InChI=1S/C17H15FN2O/c18-9-11-21-16-7-4-13(5-8-16)3-6-15-12-14-2-1-10-19-17(14)20-15/h2,4-5,7-8,12H,1,9-11H2,(H,19,20). The molecule has 0 saturated carbocycles. The summed E-state index contributed by atoms with van der Waals surface area (Å²) in [5.74, 6) is 6.84. The summed E-state index contributed by atoms with van der Waals surface area (Å²) in [7, 11) is 0. The lowest BCUT2D eigenvalue weighted by Gasteiger charge is -2.02. The average molecular weight is 282 g/mol. The minimum Gasteiger partial charge on any atom is -0.491 e. The minimum atomic E-state index is -0.485. The van der Waals surface area contributed by atoms with Crippen LogP contribution in [-0.2, 0) is 0 Å². The average Bonchev–Trinajstić information content (AvgIpc) is 2.95. The zero-order chi connectivity index (χ0) is 14.5.